The average Bonchev–Trinajstić information content (AvgIpc) is 2.63. The van der Waals surface area contributed by atoms with E-state index in [1.807, 2.05) is 0 Å². The first-order valence-corrected chi connectivity index (χ1v) is 4.79. The zero-order valence-corrected chi connectivity index (χ0v) is 7.24. The van der Waals surface area contributed by atoms with Gasteiger partial charge in [-0.25, -0.2) is 0 Å². The van der Waals surface area contributed by atoms with Crippen LogP contribution < -0.4 is 0 Å². The first-order valence-electron chi connectivity index (χ1n) is 4.79. The Kier molecular flexibility index (Phi) is 2.20. The summed E-state index contributed by atoms with van der Waals surface area (Å²) >= 11 is 0. The maximum absolute atomic E-state index is 9.10. The van der Waals surface area contributed by atoms with Gasteiger partial charge in [0.2, 0.25) is 0 Å². The lowest BCUT2D eigenvalue weighted by atomic mass is 9.90. The second-order valence-electron chi connectivity index (χ2n) is 3.95. The first kappa shape index (κ1) is 8.27. The minimum atomic E-state index is 0.192. The van der Waals surface area contributed by atoms with Crippen molar-refractivity contribution in [2.75, 3.05) is 13.2 Å². The molecule has 0 aromatic heterocycles. The second kappa shape index (κ2) is 3.19. The van der Waals surface area contributed by atoms with Gasteiger partial charge in [0.25, 0.3) is 0 Å². The number of rotatable bonds is 2. The molecule has 0 aromatic rings. The third-order valence-corrected chi connectivity index (χ3v) is 3.42. The highest BCUT2D eigenvalue weighted by Gasteiger charge is 2.39. The maximum Gasteiger partial charge on any atom is 0.0644 e. The van der Waals surface area contributed by atoms with Crippen molar-refractivity contribution in [3.8, 4) is 0 Å². The van der Waals surface area contributed by atoms with E-state index in [-0.39, 0.29) is 13.2 Å². The van der Waals surface area contributed by atoms with Crippen LogP contribution in [0.1, 0.15) is 19.3 Å². The van der Waals surface area contributed by atoms with E-state index in [1.54, 1.807) is 0 Å². The Balaban J connectivity index is 2.15. The third kappa shape index (κ3) is 1.10. The molecule has 68 valence electrons. The van der Waals surface area contributed by atoms with Gasteiger partial charge in [0.05, 0.1) is 6.61 Å². The molecule has 0 heterocycles. The molecule has 3 atom stereocenters. The van der Waals surface area contributed by atoms with Crippen LogP contribution in [0.25, 0.3) is 0 Å². The molecule has 2 aliphatic carbocycles. The summed E-state index contributed by atoms with van der Waals surface area (Å²) in [5.74, 6) is 1.56. The Morgan fingerprint density at radius 1 is 1.33 bits per heavy atom. The molecular weight excluding hydrogens is 152 g/mol. The zero-order chi connectivity index (χ0) is 8.55. The topological polar surface area (TPSA) is 40.5 Å². The van der Waals surface area contributed by atoms with Crippen molar-refractivity contribution in [1.82, 2.24) is 0 Å². The Morgan fingerprint density at radius 3 is 2.83 bits per heavy atom. The number of aliphatic hydroxyl groups is 2. The molecule has 0 radical (unpaired) electrons. The van der Waals surface area contributed by atoms with E-state index in [4.69, 9.17) is 10.2 Å². The van der Waals surface area contributed by atoms with Gasteiger partial charge >= 0.3 is 0 Å². The van der Waals surface area contributed by atoms with E-state index in [0.717, 1.165) is 0 Å². The summed E-state index contributed by atoms with van der Waals surface area (Å²) in [6, 6.07) is 0. The average molecular weight is 168 g/mol. The number of hydrogen-bond acceptors (Lipinski definition) is 2. The minimum absolute atomic E-state index is 0.192. The molecule has 2 aliphatic rings. The van der Waals surface area contributed by atoms with Crippen LogP contribution in [0, 0.1) is 17.8 Å². The van der Waals surface area contributed by atoms with Crippen LogP contribution in [0.15, 0.2) is 11.6 Å². The standard InChI is InChI=1S/C10H16O2/c11-5-7-4-8(6-12)10-3-1-2-9(7)10/h4,7,9-12H,1-3,5-6H2/t7-,9-,10+/m0/s1. The molecule has 1 fully saturated rings. The highest BCUT2D eigenvalue weighted by Crippen LogP contribution is 2.46. The van der Waals surface area contributed by atoms with E-state index >= 15 is 0 Å². The lowest BCUT2D eigenvalue weighted by molar-refractivity contribution is 0.204. The predicted molar refractivity (Wildman–Crippen MR) is 46.6 cm³/mol. The molecule has 0 saturated heterocycles. The quantitative estimate of drug-likeness (QED) is 0.602. The molecule has 2 nitrogen and oxygen atoms in total. The van der Waals surface area contributed by atoms with Crippen molar-refractivity contribution in [2.45, 2.75) is 19.3 Å². The fourth-order valence-corrected chi connectivity index (χ4v) is 2.84. The van der Waals surface area contributed by atoms with Gasteiger partial charge in [-0.05, 0) is 30.3 Å². The highest BCUT2D eigenvalue weighted by atomic mass is 16.3. The fourth-order valence-electron chi connectivity index (χ4n) is 2.84. The summed E-state index contributed by atoms with van der Waals surface area (Å²) in [5, 5.41) is 18.2. The Hall–Kier alpha value is -0.340. The number of aliphatic hydroxyl groups excluding tert-OH is 2. The molecule has 12 heavy (non-hydrogen) atoms. The summed E-state index contributed by atoms with van der Waals surface area (Å²) in [7, 11) is 0. The summed E-state index contributed by atoms with van der Waals surface area (Å²) in [4.78, 5) is 0. The molecule has 0 aromatic carbocycles. The van der Waals surface area contributed by atoms with Gasteiger partial charge < -0.3 is 10.2 Å². The van der Waals surface area contributed by atoms with Crippen LogP contribution in [0.2, 0.25) is 0 Å². The smallest absolute Gasteiger partial charge is 0.0644 e. The van der Waals surface area contributed by atoms with E-state index in [2.05, 4.69) is 6.08 Å². The molecule has 0 unspecified atom stereocenters. The minimum Gasteiger partial charge on any atom is -0.396 e. The lowest BCUT2D eigenvalue weighted by Crippen LogP contribution is -2.14. The Morgan fingerprint density at radius 2 is 2.17 bits per heavy atom. The van der Waals surface area contributed by atoms with Crippen molar-refractivity contribution in [2.24, 2.45) is 17.8 Å². The summed E-state index contributed by atoms with van der Waals surface area (Å²) < 4.78 is 0. The summed E-state index contributed by atoms with van der Waals surface area (Å²) in [6.07, 6.45) is 5.81. The Bertz CT molecular complexity index is 198. The molecule has 1 saturated carbocycles. The number of hydrogen-bond donors (Lipinski definition) is 2. The van der Waals surface area contributed by atoms with Crippen LogP contribution in [0.5, 0.6) is 0 Å². The molecule has 2 heteroatoms. The van der Waals surface area contributed by atoms with Crippen LogP contribution in [0.3, 0.4) is 0 Å². The summed E-state index contributed by atoms with van der Waals surface area (Å²) in [5.41, 5.74) is 1.18. The van der Waals surface area contributed by atoms with Crippen LogP contribution in [-0.2, 0) is 0 Å². The van der Waals surface area contributed by atoms with Gasteiger partial charge in [-0.15, -0.1) is 0 Å². The lowest BCUT2D eigenvalue weighted by Gasteiger charge is -2.16. The maximum atomic E-state index is 9.10. The van der Waals surface area contributed by atoms with Gasteiger partial charge in [0.15, 0.2) is 0 Å². The van der Waals surface area contributed by atoms with E-state index < -0.39 is 0 Å². The van der Waals surface area contributed by atoms with Gasteiger partial charge in [-0.3, -0.25) is 0 Å². The van der Waals surface area contributed by atoms with E-state index in [1.165, 1.54) is 24.8 Å². The third-order valence-electron chi connectivity index (χ3n) is 3.42. The largest absolute Gasteiger partial charge is 0.396 e. The SMILES string of the molecule is OCC1=C[C@@H](CO)[C@@H]2CCC[C@H]12. The van der Waals surface area contributed by atoms with Crippen LogP contribution in [0.4, 0.5) is 0 Å². The normalized spacial score (nSPS) is 39.8. The Labute approximate surface area is 72.9 Å². The van der Waals surface area contributed by atoms with Crippen LogP contribution in [-0.4, -0.2) is 23.4 Å². The van der Waals surface area contributed by atoms with E-state index in [0.29, 0.717) is 17.8 Å². The predicted octanol–water partition coefficient (Wildman–Crippen LogP) is 0.944. The van der Waals surface area contributed by atoms with Crippen molar-refractivity contribution in [3.05, 3.63) is 11.6 Å². The van der Waals surface area contributed by atoms with Gasteiger partial charge in [0, 0.05) is 12.5 Å². The molecule has 0 amide bonds. The molecule has 0 spiro atoms. The zero-order valence-electron chi connectivity index (χ0n) is 7.24. The molecule has 0 bridgehead atoms. The van der Waals surface area contributed by atoms with Gasteiger partial charge in [-0.2, -0.15) is 0 Å². The molecular formula is C10H16O2. The first-order chi connectivity index (χ1) is 5.86. The van der Waals surface area contributed by atoms with Gasteiger partial charge in [0.1, 0.15) is 0 Å². The second-order valence-corrected chi connectivity index (χ2v) is 3.95. The highest BCUT2D eigenvalue weighted by molar-refractivity contribution is 5.20. The number of fused-ring (bicyclic) bond motifs is 1. The van der Waals surface area contributed by atoms with Crippen molar-refractivity contribution in [1.29, 1.82) is 0 Å². The summed E-state index contributed by atoms with van der Waals surface area (Å²) in [6.45, 7) is 0.447. The van der Waals surface area contributed by atoms with Crippen molar-refractivity contribution in [3.63, 3.8) is 0 Å². The molecule has 2 rings (SSSR count). The van der Waals surface area contributed by atoms with E-state index in [9.17, 15) is 0 Å². The fraction of sp³-hybridized carbons (Fsp3) is 0.800. The van der Waals surface area contributed by atoms with Crippen molar-refractivity contribution < 1.29 is 10.2 Å². The molecule has 2 N–H and O–H groups in total. The van der Waals surface area contributed by atoms with Crippen LogP contribution >= 0.6 is 0 Å². The monoisotopic (exact) mass is 168 g/mol. The molecule has 0 aliphatic heterocycles. The van der Waals surface area contributed by atoms with Gasteiger partial charge in [-0.1, -0.05) is 12.5 Å². The van der Waals surface area contributed by atoms with Crippen molar-refractivity contribution >= 4 is 0 Å².